The molecule has 0 saturated heterocycles. The first kappa shape index (κ1) is 11.9. The highest BCUT2D eigenvalue weighted by molar-refractivity contribution is 5.46. The highest BCUT2D eigenvalue weighted by Gasteiger charge is 2.07. The molecule has 0 N–H and O–H groups in total. The molecule has 0 radical (unpaired) electrons. The van der Waals surface area contributed by atoms with Crippen LogP contribution in [0.4, 0.5) is 0 Å². The van der Waals surface area contributed by atoms with Crippen LogP contribution in [0.1, 0.15) is 12.5 Å². The number of hydrogen-bond donors (Lipinski definition) is 0. The Morgan fingerprint density at radius 1 is 1.31 bits per heavy atom. The van der Waals surface area contributed by atoms with Crippen molar-refractivity contribution in [1.29, 1.82) is 10.5 Å². The highest BCUT2D eigenvalue weighted by atomic mass is 16.5. The topological polar surface area (TPSA) is 66.0 Å². The molecule has 0 aromatic heterocycles. The van der Waals surface area contributed by atoms with Gasteiger partial charge in [-0.25, -0.2) is 0 Å². The van der Waals surface area contributed by atoms with Crippen LogP contribution in [0.15, 0.2) is 18.2 Å². The van der Waals surface area contributed by atoms with Crippen LogP contribution in [-0.4, -0.2) is 13.7 Å². The van der Waals surface area contributed by atoms with Gasteiger partial charge in [0.1, 0.15) is 6.61 Å². The second-order valence-corrected chi connectivity index (χ2v) is 3.32. The summed E-state index contributed by atoms with van der Waals surface area (Å²) in [6.45, 7) is 2.08. The maximum Gasteiger partial charge on any atom is 0.162 e. The molecule has 0 heterocycles. The van der Waals surface area contributed by atoms with E-state index in [4.69, 9.17) is 20.0 Å². The molecule has 4 nitrogen and oxygen atoms in total. The van der Waals surface area contributed by atoms with Crippen LogP contribution in [0.5, 0.6) is 11.5 Å². The van der Waals surface area contributed by atoms with E-state index in [0.29, 0.717) is 23.7 Å². The molecule has 4 heteroatoms. The quantitative estimate of drug-likeness (QED) is 0.773. The average molecular weight is 216 g/mol. The first-order valence-corrected chi connectivity index (χ1v) is 4.81. The molecule has 0 amide bonds. The fraction of sp³-hybridized carbons (Fsp3) is 0.333. The predicted molar refractivity (Wildman–Crippen MR) is 58.0 cm³/mol. The molecule has 1 unspecified atom stereocenters. The molecule has 0 bridgehead atoms. The number of benzene rings is 1. The Hall–Kier alpha value is -2.20. The molecular weight excluding hydrogens is 204 g/mol. The summed E-state index contributed by atoms with van der Waals surface area (Å²) in [5.41, 5.74) is 0.512. The van der Waals surface area contributed by atoms with Gasteiger partial charge in [-0.05, 0) is 19.1 Å². The third-order valence-corrected chi connectivity index (χ3v) is 2.00. The molecule has 0 aliphatic carbocycles. The van der Waals surface area contributed by atoms with E-state index in [1.807, 2.05) is 6.07 Å². The van der Waals surface area contributed by atoms with Crippen LogP contribution in [0.2, 0.25) is 0 Å². The van der Waals surface area contributed by atoms with E-state index in [0.717, 1.165) is 0 Å². The van der Waals surface area contributed by atoms with E-state index in [-0.39, 0.29) is 5.92 Å². The molecule has 1 atom stereocenters. The van der Waals surface area contributed by atoms with E-state index in [1.54, 1.807) is 25.1 Å². The van der Waals surface area contributed by atoms with Gasteiger partial charge in [-0.3, -0.25) is 0 Å². The van der Waals surface area contributed by atoms with Gasteiger partial charge in [0.25, 0.3) is 0 Å². The Balaban J connectivity index is 2.81. The van der Waals surface area contributed by atoms with Gasteiger partial charge in [0, 0.05) is 6.07 Å². The van der Waals surface area contributed by atoms with E-state index < -0.39 is 0 Å². The van der Waals surface area contributed by atoms with Crippen LogP contribution in [0, 0.1) is 28.6 Å². The minimum absolute atomic E-state index is 0.180. The van der Waals surface area contributed by atoms with Crippen molar-refractivity contribution in [3.05, 3.63) is 23.8 Å². The minimum Gasteiger partial charge on any atom is -0.493 e. The Kier molecular flexibility index (Phi) is 4.17. The molecule has 16 heavy (non-hydrogen) atoms. The van der Waals surface area contributed by atoms with Crippen molar-refractivity contribution in [1.82, 2.24) is 0 Å². The summed E-state index contributed by atoms with van der Waals surface area (Å²) < 4.78 is 10.5. The van der Waals surface area contributed by atoms with Crippen molar-refractivity contribution in [3.8, 4) is 23.6 Å². The van der Waals surface area contributed by atoms with Crippen LogP contribution >= 0.6 is 0 Å². The second kappa shape index (κ2) is 5.63. The highest BCUT2D eigenvalue weighted by Crippen LogP contribution is 2.28. The Morgan fingerprint density at radius 3 is 2.62 bits per heavy atom. The van der Waals surface area contributed by atoms with Crippen molar-refractivity contribution in [2.24, 2.45) is 5.92 Å². The van der Waals surface area contributed by atoms with E-state index >= 15 is 0 Å². The summed E-state index contributed by atoms with van der Waals surface area (Å²) in [5, 5.41) is 17.3. The van der Waals surface area contributed by atoms with Gasteiger partial charge in [-0.1, -0.05) is 0 Å². The van der Waals surface area contributed by atoms with Gasteiger partial charge in [0.15, 0.2) is 11.5 Å². The molecule has 1 aromatic rings. The van der Waals surface area contributed by atoms with Crippen molar-refractivity contribution >= 4 is 0 Å². The van der Waals surface area contributed by atoms with Gasteiger partial charge in [0.05, 0.1) is 30.7 Å². The van der Waals surface area contributed by atoms with Crippen molar-refractivity contribution in [2.45, 2.75) is 6.92 Å². The zero-order valence-corrected chi connectivity index (χ0v) is 9.23. The lowest BCUT2D eigenvalue weighted by molar-refractivity contribution is 0.271. The first-order chi connectivity index (χ1) is 7.71. The minimum atomic E-state index is -0.180. The monoisotopic (exact) mass is 216 g/mol. The van der Waals surface area contributed by atoms with Crippen molar-refractivity contribution in [3.63, 3.8) is 0 Å². The third-order valence-electron chi connectivity index (χ3n) is 2.00. The molecule has 82 valence electrons. The van der Waals surface area contributed by atoms with Crippen LogP contribution in [-0.2, 0) is 0 Å². The van der Waals surface area contributed by atoms with Gasteiger partial charge < -0.3 is 9.47 Å². The number of rotatable bonds is 4. The van der Waals surface area contributed by atoms with Crippen LogP contribution < -0.4 is 9.47 Å². The predicted octanol–water partition coefficient (Wildman–Crippen LogP) is 2.11. The number of methoxy groups -OCH3 is 1. The van der Waals surface area contributed by atoms with E-state index in [1.165, 1.54) is 7.11 Å². The molecule has 0 saturated carbocycles. The Bertz CT molecular complexity index is 443. The lowest BCUT2D eigenvalue weighted by Gasteiger charge is -2.11. The lowest BCUT2D eigenvalue weighted by atomic mass is 10.2. The summed E-state index contributed by atoms with van der Waals surface area (Å²) in [6.07, 6.45) is 0. The number of ether oxygens (including phenoxy) is 2. The number of nitriles is 2. The second-order valence-electron chi connectivity index (χ2n) is 3.32. The zero-order chi connectivity index (χ0) is 12.0. The van der Waals surface area contributed by atoms with Crippen LogP contribution in [0.25, 0.3) is 0 Å². The molecule has 0 aliphatic rings. The summed E-state index contributed by atoms with van der Waals surface area (Å²) in [4.78, 5) is 0. The van der Waals surface area contributed by atoms with Gasteiger partial charge in [-0.2, -0.15) is 10.5 Å². The largest absolute Gasteiger partial charge is 0.493 e. The normalized spacial score (nSPS) is 11.0. The molecule has 1 rings (SSSR count). The summed E-state index contributed by atoms with van der Waals surface area (Å²) in [7, 11) is 1.51. The maximum absolute atomic E-state index is 8.72. The zero-order valence-electron chi connectivity index (χ0n) is 9.23. The van der Waals surface area contributed by atoms with Gasteiger partial charge in [-0.15, -0.1) is 0 Å². The SMILES string of the molecule is COc1cc(C#N)ccc1OCC(C)C#N. The van der Waals surface area contributed by atoms with E-state index in [9.17, 15) is 0 Å². The standard InChI is InChI=1S/C12H12N2O2/c1-9(6-13)8-16-11-4-3-10(7-14)5-12(11)15-2/h3-5,9H,8H2,1-2H3. The molecule has 1 aromatic carbocycles. The molecule has 0 aliphatic heterocycles. The summed E-state index contributed by atoms with van der Waals surface area (Å²) >= 11 is 0. The maximum atomic E-state index is 8.72. The van der Waals surface area contributed by atoms with Gasteiger partial charge in [0.2, 0.25) is 0 Å². The van der Waals surface area contributed by atoms with Crippen molar-refractivity contribution in [2.75, 3.05) is 13.7 Å². The fourth-order valence-electron chi connectivity index (χ4n) is 1.11. The van der Waals surface area contributed by atoms with Crippen molar-refractivity contribution < 1.29 is 9.47 Å². The molecule has 0 fully saturated rings. The fourth-order valence-corrected chi connectivity index (χ4v) is 1.11. The molecule has 0 spiro atoms. The smallest absolute Gasteiger partial charge is 0.162 e. The third kappa shape index (κ3) is 2.90. The lowest BCUT2D eigenvalue weighted by Crippen LogP contribution is -2.07. The molecular formula is C12H12N2O2. The first-order valence-electron chi connectivity index (χ1n) is 4.81. The Labute approximate surface area is 94.6 Å². The number of hydrogen-bond acceptors (Lipinski definition) is 4. The Morgan fingerprint density at radius 2 is 2.06 bits per heavy atom. The van der Waals surface area contributed by atoms with Gasteiger partial charge >= 0.3 is 0 Å². The summed E-state index contributed by atoms with van der Waals surface area (Å²) in [6, 6.07) is 9.01. The summed E-state index contributed by atoms with van der Waals surface area (Å²) in [5.74, 6) is 0.869. The van der Waals surface area contributed by atoms with E-state index in [2.05, 4.69) is 6.07 Å². The average Bonchev–Trinajstić information content (AvgIpc) is 2.35. The van der Waals surface area contributed by atoms with Crippen LogP contribution in [0.3, 0.4) is 0 Å². The number of nitrogens with zero attached hydrogens (tertiary/aromatic N) is 2.